The normalized spacial score (nSPS) is 23.0. The second-order valence-electron chi connectivity index (χ2n) is 5.56. The van der Waals surface area contributed by atoms with Gasteiger partial charge in [-0.15, -0.1) is 0 Å². The van der Waals surface area contributed by atoms with Gasteiger partial charge in [0.05, 0.1) is 6.10 Å². The molecule has 1 aliphatic rings. The predicted molar refractivity (Wildman–Crippen MR) is 84.5 cm³/mol. The molecule has 0 aliphatic carbocycles. The molecule has 3 unspecified atom stereocenters. The molecule has 0 aromatic heterocycles. The number of aliphatic hydroxyl groups is 1. The Hall–Kier alpha value is -1.14. The zero-order valence-corrected chi connectivity index (χ0v) is 12.9. The highest BCUT2D eigenvalue weighted by Crippen LogP contribution is 2.15. The lowest BCUT2D eigenvalue weighted by molar-refractivity contribution is -0.116. The summed E-state index contributed by atoms with van der Waals surface area (Å²) in [6, 6.07) is 7.15. The topological polar surface area (TPSA) is 73.4 Å². The van der Waals surface area contributed by atoms with E-state index in [2.05, 4.69) is 16.0 Å². The first-order valence-electron chi connectivity index (χ1n) is 7.22. The number of amides is 1. The van der Waals surface area contributed by atoms with E-state index in [1.54, 1.807) is 18.2 Å². The minimum absolute atomic E-state index is 0.0528. The fourth-order valence-electron chi connectivity index (χ4n) is 2.41. The van der Waals surface area contributed by atoms with Crippen molar-refractivity contribution in [3.63, 3.8) is 0 Å². The summed E-state index contributed by atoms with van der Waals surface area (Å²) in [6.45, 7) is 4.14. The minimum atomic E-state index is -0.301. The van der Waals surface area contributed by atoms with E-state index in [0.717, 1.165) is 6.54 Å². The Morgan fingerprint density at radius 1 is 1.52 bits per heavy atom. The SMILES string of the molecule is CC(CC(=O)Nc1cccc(Cl)c1)NCC1CNCC1O. The van der Waals surface area contributed by atoms with Crippen molar-refractivity contribution in [3.05, 3.63) is 29.3 Å². The summed E-state index contributed by atoms with van der Waals surface area (Å²) >= 11 is 5.88. The van der Waals surface area contributed by atoms with Crippen molar-refractivity contribution in [2.45, 2.75) is 25.5 Å². The Kier molecular flexibility index (Phi) is 5.99. The number of nitrogens with one attached hydrogen (secondary N) is 3. The van der Waals surface area contributed by atoms with Crippen LogP contribution in [0.2, 0.25) is 5.02 Å². The van der Waals surface area contributed by atoms with Crippen LogP contribution in [0.4, 0.5) is 5.69 Å². The highest BCUT2D eigenvalue weighted by atomic mass is 35.5. The number of rotatable bonds is 6. The van der Waals surface area contributed by atoms with E-state index in [4.69, 9.17) is 11.6 Å². The number of β-amino-alcohol motifs (C(OH)–C–C–N with tert-alkyl or cyclic N) is 1. The number of hydrogen-bond donors (Lipinski definition) is 4. The highest BCUT2D eigenvalue weighted by Gasteiger charge is 2.24. The zero-order chi connectivity index (χ0) is 15.2. The molecule has 0 bridgehead atoms. The molecule has 1 aromatic carbocycles. The Balaban J connectivity index is 1.71. The maximum atomic E-state index is 11.9. The molecule has 1 saturated heterocycles. The van der Waals surface area contributed by atoms with E-state index in [1.165, 1.54) is 0 Å². The first kappa shape index (κ1) is 16.2. The molecule has 0 spiro atoms. The van der Waals surface area contributed by atoms with E-state index in [-0.39, 0.29) is 24.0 Å². The number of aliphatic hydroxyl groups excluding tert-OH is 1. The van der Waals surface area contributed by atoms with Crippen LogP contribution in [-0.4, -0.2) is 42.8 Å². The van der Waals surface area contributed by atoms with E-state index in [1.807, 2.05) is 13.0 Å². The van der Waals surface area contributed by atoms with Crippen LogP contribution in [0.5, 0.6) is 0 Å². The Morgan fingerprint density at radius 2 is 2.33 bits per heavy atom. The first-order valence-corrected chi connectivity index (χ1v) is 7.60. The van der Waals surface area contributed by atoms with E-state index >= 15 is 0 Å². The van der Waals surface area contributed by atoms with Crippen molar-refractivity contribution in [2.75, 3.05) is 25.0 Å². The Labute approximate surface area is 130 Å². The van der Waals surface area contributed by atoms with Gasteiger partial charge < -0.3 is 21.1 Å². The lowest BCUT2D eigenvalue weighted by atomic mass is 10.1. The van der Waals surface area contributed by atoms with E-state index in [0.29, 0.717) is 30.2 Å². The standard InChI is InChI=1S/C15H22ClN3O2/c1-10(18-8-11-7-17-9-14(11)20)5-15(21)19-13-4-2-3-12(16)6-13/h2-4,6,10-11,14,17-18,20H,5,7-9H2,1H3,(H,19,21). The number of benzene rings is 1. The number of halogens is 1. The molecular formula is C15H22ClN3O2. The summed E-state index contributed by atoms with van der Waals surface area (Å²) in [5.41, 5.74) is 0.704. The van der Waals surface area contributed by atoms with Gasteiger partial charge in [0.1, 0.15) is 0 Å². The lowest BCUT2D eigenvalue weighted by Gasteiger charge is -2.18. The third-order valence-electron chi connectivity index (χ3n) is 3.63. The van der Waals surface area contributed by atoms with Crippen LogP contribution in [0.1, 0.15) is 13.3 Å². The summed E-state index contributed by atoms with van der Waals surface area (Å²) in [6.07, 6.45) is 0.0768. The smallest absolute Gasteiger partial charge is 0.225 e. The van der Waals surface area contributed by atoms with Crippen LogP contribution in [0, 0.1) is 5.92 Å². The van der Waals surface area contributed by atoms with Gasteiger partial charge in [-0.1, -0.05) is 17.7 Å². The average Bonchev–Trinajstić information content (AvgIpc) is 2.81. The third kappa shape index (κ3) is 5.28. The van der Waals surface area contributed by atoms with Crippen LogP contribution < -0.4 is 16.0 Å². The van der Waals surface area contributed by atoms with Crippen molar-refractivity contribution in [2.24, 2.45) is 5.92 Å². The molecular weight excluding hydrogens is 290 g/mol. The first-order chi connectivity index (χ1) is 10.0. The van der Waals surface area contributed by atoms with Gasteiger partial charge in [-0.25, -0.2) is 0 Å². The largest absolute Gasteiger partial charge is 0.391 e. The number of anilines is 1. The van der Waals surface area contributed by atoms with Crippen LogP contribution in [0.3, 0.4) is 0 Å². The second-order valence-corrected chi connectivity index (χ2v) is 5.99. The quantitative estimate of drug-likeness (QED) is 0.637. The summed E-state index contributed by atoms with van der Waals surface area (Å²) in [7, 11) is 0. The van der Waals surface area contributed by atoms with Crippen LogP contribution >= 0.6 is 11.6 Å². The van der Waals surface area contributed by atoms with Crippen LogP contribution in [0.15, 0.2) is 24.3 Å². The molecule has 2 rings (SSSR count). The molecule has 3 atom stereocenters. The van der Waals surface area contributed by atoms with Crippen LogP contribution in [0.25, 0.3) is 0 Å². The fourth-order valence-corrected chi connectivity index (χ4v) is 2.60. The molecule has 1 aliphatic heterocycles. The summed E-state index contributed by atoms with van der Waals surface area (Å²) in [5.74, 6) is 0.158. The molecule has 0 radical (unpaired) electrons. The van der Waals surface area contributed by atoms with Gasteiger partial charge in [-0.2, -0.15) is 0 Å². The zero-order valence-electron chi connectivity index (χ0n) is 12.1. The monoisotopic (exact) mass is 311 g/mol. The van der Waals surface area contributed by atoms with E-state index in [9.17, 15) is 9.90 Å². The highest BCUT2D eigenvalue weighted by molar-refractivity contribution is 6.30. The molecule has 1 aromatic rings. The summed E-state index contributed by atoms with van der Waals surface area (Å²) in [5, 5.41) is 19.6. The van der Waals surface area contributed by atoms with Gasteiger partial charge >= 0.3 is 0 Å². The van der Waals surface area contributed by atoms with Crippen molar-refractivity contribution in [1.82, 2.24) is 10.6 Å². The van der Waals surface area contributed by atoms with Gasteiger partial charge in [0.25, 0.3) is 0 Å². The molecule has 6 heteroatoms. The minimum Gasteiger partial charge on any atom is -0.391 e. The van der Waals surface area contributed by atoms with Crippen LogP contribution in [-0.2, 0) is 4.79 Å². The second kappa shape index (κ2) is 7.75. The molecule has 1 heterocycles. The molecule has 21 heavy (non-hydrogen) atoms. The molecule has 116 valence electrons. The number of carbonyl (C=O) groups excluding carboxylic acids is 1. The Bertz CT molecular complexity index is 484. The summed E-state index contributed by atoms with van der Waals surface area (Å²) in [4.78, 5) is 11.9. The number of hydrogen-bond acceptors (Lipinski definition) is 4. The summed E-state index contributed by atoms with van der Waals surface area (Å²) < 4.78 is 0. The van der Waals surface area contributed by atoms with Gasteiger partial charge in [-0.05, 0) is 25.1 Å². The predicted octanol–water partition coefficient (Wildman–Crippen LogP) is 1.23. The van der Waals surface area contributed by atoms with Gasteiger partial charge in [-0.3, -0.25) is 4.79 Å². The van der Waals surface area contributed by atoms with Crippen molar-refractivity contribution in [3.8, 4) is 0 Å². The van der Waals surface area contributed by atoms with Crippen molar-refractivity contribution < 1.29 is 9.90 Å². The Morgan fingerprint density at radius 3 is 3.00 bits per heavy atom. The fraction of sp³-hybridized carbons (Fsp3) is 0.533. The lowest BCUT2D eigenvalue weighted by Crippen LogP contribution is -2.37. The average molecular weight is 312 g/mol. The molecule has 1 fully saturated rings. The molecule has 4 N–H and O–H groups in total. The molecule has 1 amide bonds. The molecule has 0 saturated carbocycles. The van der Waals surface area contributed by atoms with Crippen molar-refractivity contribution >= 4 is 23.2 Å². The maximum Gasteiger partial charge on any atom is 0.225 e. The maximum absolute atomic E-state index is 11.9. The van der Waals surface area contributed by atoms with E-state index < -0.39 is 0 Å². The third-order valence-corrected chi connectivity index (χ3v) is 3.87. The van der Waals surface area contributed by atoms with Gasteiger partial charge in [0.2, 0.25) is 5.91 Å². The van der Waals surface area contributed by atoms with Crippen molar-refractivity contribution in [1.29, 1.82) is 0 Å². The molecule has 5 nitrogen and oxygen atoms in total. The van der Waals surface area contributed by atoms with Gasteiger partial charge in [0, 0.05) is 48.7 Å². The van der Waals surface area contributed by atoms with Gasteiger partial charge in [0.15, 0.2) is 0 Å². The number of carbonyl (C=O) groups is 1.